The van der Waals surface area contributed by atoms with E-state index in [0.29, 0.717) is 18.8 Å². The average molecular weight is 917 g/mol. The van der Waals surface area contributed by atoms with Crippen molar-refractivity contribution in [3.63, 3.8) is 0 Å². The summed E-state index contributed by atoms with van der Waals surface area (Å²) in [6, 6.07) is 0. The van der Waals surface area contributed by atoms with Crippen molar-refractivity contribution in [2.75, 3.05) is 24.7 Å². The Morgan fingerprint density at radius 3 is 1.04 bits per heavy atom. The Morgan fingerprint density at radius 1 is 0.511 bits per heavy atom. The first-order valence-electron chi connectivity index (χ1n) is 17.9. The van der Waals surface area contributed by atoms with Crippen LogP contribution in [-0.2, 0) is 24.5 Å². The SMILES string of the molecule is CCCCCCCCOC(=O)CC[S].CCCCCCCC[O].[CH2]CCC.[CH2]CCC.[CH2]CCC.[CH2]CCC.[O]C(=O)CC[S].[Sn].[Sn]. The quantitative estimate of drug-likeness (QED) is 0.0653. The van der Waals surface area contributed by atoms with Gasteiger partial charge in [0.05, 0.1) is 26.1 Å². The molecule has 0 N–H and O–H groups in total. The molecule has 0 saturated heterocycles. The van der Waals surface area contributed by atoms with Gasteiger partial charge < -0.3 is 4.74 Å². The number of carbonyl (C=O) groups excluding carboxylic acids is 2. The Labute approximate surface area is 342 Å². The van der Waals surface area contributed by atoms with Crippen LogP contribution in [0.2, 0.25) is 0 Å². The van der Waals surface area contributed by atoms with Crippen LogP contribution in [0.25, 0.3) is 0 Å². The second-order valence-corrected chi connectivity index (χ2v) is 11.0. The van der Waals surface area contributed by atoms with Crippen molar-refractivity contribution in [2.24, 2.45) is 0 Å². The molecule has 0 aromatic heterocycles. The molecule has 0 heterocycles. The molecule has 0 rings (SSSR count). The van der Waals surface area contributed by atoms with Gasteiger partial charge in [0, 0.05) is 59.3 Å². The molecule has 5 nitrogen and oxygen atoms in total. The van der Waals surface area contributed by atoms with Gasteiger partial charge in [0.25, 0.3) is 0 Å². The van der Waals surface area contributed by atoms with Crippen molar-refractivity contribution < 1.29 is 24.5 Å². The summed E-state index contributed by atoms with van der Waals surface area (Å²) >= 11 is 8.98. The second-order valence-electron chi connectivity index (χ2n) is 10.2. The minimum Gasteiger partial charge on any atom is -0.466 e. The fraction of sp³-hybridized carbons (Fsp3) is 0.842. The Balaban J connectivity index is -0.0000000546. The number of hydrogen-bond acceptors (Lipinski definition) is 3. The zero-order valence-corrected chi connectivity index (χ0v) is 39.4. The van der Waals surface area contributed by atoms with Crippen molar-refractivity contribution in [3.05, 3.63) is 27.7 Å². The van der Waals surface area contributed by atoms with E-state index in [-0.39, 0.29) is 72.6 Å². The summed E-state index contributed by atoms with van der Waals surface area (Å²) in [5, 5.41) is 19.4. The van der Waals surface area contributed by atoms with Crippen molar-refractivity contribution in [1.29, 1.82) is 0 Å². The maximum atomic E-state index is 10.9. The van der Waals surface area contributed by atoms with E-state index in [2.05, 4.69) is 94.5 Å². The van der Waals surface area contributed by atoms with Crippen molar-refractivity contribution >= 4 is 85.0 Å². The van der Waals surface area contributed by atoms with Gasteiger partial charge in [-0.05, 0) is 12.8 Å². The summed E-state index contributed by atoms with van der Waals surface area (Å²) < 4.78 is 4.98. The van der Waals surface area contributed by atoms with Gasteiger partial charge in [-0.15, -0.1) is 0 Å². The standard InChI is InChI=1S/C11H21O2S.C8H17O.4C4H9.C3H4O2S.2Sn/c1-2-3-4-5-6-7-9-13-11(12)8-10-14;1-2-3-4-5-6-7-8-9;4*1-3-4-2;4-3(5)1-2-6;;/h2-10H2,1H3;2-8H2,1H3;4*1,3-4H2,2H3;1-2H2;;. The molecule has 0 aliphatic heterocycles. The molecule has 47 heavy (non-hydrogen) atoms. The Bertz CT molecular complexity index is 420. The third-order valence-electron chi connectivity index (χ3n) is 5.29. The van der Waals surface area contributed by atoms with Crippen LogP contribution in [0.5, 0.6) is 0 Å². The summed E-state index contributed by atoms with van der Waals surface area (Å²) in [7, 11) is 0. The molecular weight excluding hydrogens is 838 g/mol. The third kappa shape index (κ3) is 140. The number of hydrogen-bond donors (Lipinski definition) is 0. The molecular formula is C38H78O5S2Sn2. The van der Waals surface area contributed by atoms with Gasteiger partial charge in [0.15, 0.2) is 0 Å². The van der Waals surface area contributed by atoms with Crippen LogP contribution in [0, 0.1) is 27.7 Å². The van der Waals surface area contributed by atoms with Crippen LogP contribution >= 0.6 is 25.3 Å². The van der Waals surface area contributed by atoms with Crippen molar-refractivity contribution in [3.8, 4) is 0 Å². The van der Waals surface area contributed by atoms with Gasteiger partial charge in [0.2, 0.25) is 0 Å². The molecule has 0 unspecified atom stereocenters. The summed E-state index contributed by atoms with van der Waals surface area (Å²) in [5.41, 5.74) is 0. The molecule has 280 valence electrons. The summed E-state index contributed by atoms with van der Waals surface area (Å²) in [4.78, 5) is 20.3. The number of carbonyl (C=O) groups is 2. The normalized spacial score (nSPS) is 8.53. The van der Waals surface area contributed by atoms with E-state index in [4.69, 9.17) is 4.74 Å². The van der Waals surface area contributed by atoms with Crippen LogP contribution in [0.1, 0.15) is 183 Å². The van der Waals surface area contributed by atoms with E-state index in [1.165, 1.54) is 83.5 Å². The number of ether oxygens (including phenoxy) is 1. The zero-order chi connectivity index (χ0) is 36.2. The summed E-state index contributed by atoms with van der Waals surface area (Å²) in [6.07, 6.45) is 24.0. The molecule has 9 heteroatoms. The monoisotopic (exact) mass is 918 g/mol. The first-order valence-corrected chi connectivity index (χ1v) is 19.1. The topological polar surface area (TPSA) is 83.2 Å². The molecule has 16 radical (unpaired) electrons. The van der Waals surface area contributed by atoms with Gasteiger partial charge >= 0.3 is 11.9 Å². The molecule has 0 fully saturated rings. The van der Waals surface area contributed by atoms with Crippen LogP contribution in [0.3, 0.4) is 0 Å². The van der Waals surface area contributed by atoms with Crippen molar-refractivity contribution in [2.45, 2.75) is 183 Å². The zero-order valence-electron chi connectivity index (χ0n) is 32.1. The second kappa shape index (κ2) is 86.1. The molecule has 0 aromatic carbocycles. The maximum absolute atomic E-state index is 10.9. The minimum absolute atomic E-state index is 0. The van der Waals surface area contributed by atoms with Crippen LogP contribution in [0.15, 0.2) is 0 Å². The van der Waals surface area contributed by atoms with Crippen molar-refractivity contribution in [1.82, 2.24) is 0 Å². The van der Waals surface area contributed by atoms with E-state index >= 15 is 0 Å². The van der Waals surface area contributed by atoms with E-state index < -0.39 is 5.97 Å². The average Bonchev–Trinajstić information content (AvgIpc) is 3.05. The fourth-order valence-corrected chi connectivity index (χ4v) is 2.52. The molecule has 0 aliphatic carbocycles. The van der Waals surface area contributed by atoms with E-state index in [0.717, 1.165) is 44.9 Å². The summed E-state index contributed by atoms with van der Waals surface area (Å²) in [6.45, 7) is 28.0. The van der Waals surface area contributed by atoms with Gasteiger partial charge in [0.1, 0.15) is 0 Å². The largest absolute Gasteiger partial charge is 0.466 e. The predicted molar refractivity (Wildman–Crippen MR) is 216 cm³/mol. The van der Waals surface area contributed by atoms with Gasteiger partial charge in [-0.25, -0.2) is 15.0 Å². The van der Waals surface area contributed by atoms with Gasteiger partial charge in [-0.2, -0.15) is 0 Å². The minimum atomic E-state index is -1.06. The smallest absolute Gasteiger partial charge is 0.356 e. The number of rotatable bonds is 21. The van der Waals surface area contributed by atoms with Crippen LogP contribution in [0.4, 0.5) is 0 Å². The first kappa shape index (κ1) is 69.9. The molecule has 0 aromatic rings. The Hall–Kier alpha value is 1.20. The Morgan fingerprint density at radius 2 is 0.809 bits per heavy atom. The Kier molecular flexibility index (Phi) is 128. The van der Waals surface area contributed by atoms with Crippen LogP contribution in [-0.4, -0.2) is 84.5 Å². The maximum Gasteiger partial charge on any atom is 0.356 e. The number of unbranched alkanes of at least 4 members (excludes halogenated alkanes) is 14. The van der Waals surface area contributed by atoms with E-state index in [1.54, 1.807) is 0 Å². The molecule has 0 amide bonds. The van der Waals surface area contributed by atoms with E-state index in [9.17, 15) is 19.8 Å². The molecule has 0 atom stereocenters. The molecule has 0 spiro atoms. The fourth-order valence-electron chi connectivity index (χ4n) is 2.19. The first-order chi connectivity index (χ1) is 21.6. The predicted octanol–water partition coefficient (Wildman–Crippen LogP) is 12.5. The van der Waals surface area contributed by atoms with Gasteiger partial charge in [-0.3, -0.25) is 4.79 Å². The molecule has 0 bridgehead atoms. The third-order valence-corrected chi connectivity index (χ3v) is 5.69. The number of esters is 1. The molecule has 0 saturated carbocycles. The van der Waals surface area contributed by atoms with E-state index in [1.807, 2.05) is 0 Å². The van der Waals surface area contributed by atoms with Gasteiger partial charge in [-0.1, -0.05) is 210 Å². The molecule has 0 aliphatic rings. The summed E-state index contributed by atoms with van der Waals surface area (Å²) in [5.74, 6) is -0.490. The van der Waals surface area contributed by atoms with Crippen LogP contribution < -0.4 is 0 Å².